The number of ether oxygens (including phenoxy) is 1. The maximum atomic E-state index is 12.4. The van der Waals surface area contributed by atoms with Crippen LogP contribution in [0.1, 0.15) is 28.3 Å². The molecule has 0 heterocycles. The number of carbonyl (C=O) groups excluding carboxylic acids is 1. The van der Waals surface area contributed by atoms with Crippen molar-refractivity contribution in [3.8, 4) is 5.75 Å². The van der Waals surface area contributed by atoms with Crippen LogP contribution in [0.15, 0.2) is 48.5 Å². The lowest BCUT2D eigenvalue weighted by molar-refractivity contribution is 0.0947. The molecule has 1 aliphatic rings. The lowest BCUT2D eigenvalue weighted by Gasteiger charge is -2.11. The van der Waals surface area contributed by atoms with Gasteiger partial charge in [0.1, 0.15) is 0 Å². The Morgan fingerprint density at radius 3 is 2.67 bits per heavy atom. The third-order valence-electron chi connectivity index (χ3n) is 3.83. The molecule has 0 aromatic heterocycles. The van der Waals surface area contributed by atoms with E-state index in [0.717, 1.165) is 6.42 Å². The van der Waals surface area contributed by atoms with Gasteiger partial charge in [-0.1, -0.05) is 36.4 Å². The van der Waals surface area contributed by atoms with Gasteiger partial charge in [-0.2, -0.15) is 0 Å². The molecule has 1 aliphatic carbocycles. The van der Waals surface area contributed by atoms with Gasteiger partial charge in [-0.25, -0.2) is 0 Å². The zero-order chi connectivity index (χ0) is 14.8. The Morgan fingerprint density at radius 1 is 1.19 bits per heavy atom. The van der Waals surface area contributed by atoms with Crippen LogP contribution < -0.4 is 15.8 Å². The number of rotatable bonds is 4. The summed E-state index contributed by atoms with van der Waals surface area (Å²) >= 11 is 0. The van der Waals surface area contributed by atoms with Crippen molar-refractivity contribution in [1.29, 1.82) is 0 Å². The zero-order valence-electron chi connectivity index (χ0n) is 11.9. The quantitative estimate of drug-likeness (QED) is 0.847. The first kappa shape index (κ1) is 13.5. The highest BCUT2D eigenvalue weighted by Gasteiger charge is 2.39. The van der Waals surface area contributed by atoms with E-state index in [1.54, 1.807) is 18.2 Å². The molecule has 3 N–H and O–H groups in total. The molecule has 1 fully saturated rings. The molecule has 1 saturated carbocycles. The molecule has 2 atom stereocenters. The Morgan fingerprint density at radius 2 is 1.95 bits per heavy atom. The maximum Gasteiger partial charge on any atom is 0.255 e. The normalized spacial score (nSPS) is 19.9. The number of hydrogen-bond acceptors (Lipinski definition) is 3. The molecule has 0 radical (unpaired) electrons. The van der Waals surface area contributed by atoms with Crippen molar-refractivity contribution in [1.82, 2.24) is 5.32 Å². The fourth-order valence-corrected chi connectivity index (χ4v) is 2.63. The summed E-state index contributed by atoms with van der Waals surface area (Å²) in [7, 11) is 1.52. The molecule has 21 heavy (non-hydrogen) atoms. The Bertz CT molecular complexity index is 655. The van der Waals surface area contributed by atoms with Crippen LogP contribution in [0.25, 0.3) is 0 Å². The average molecular weight is 282 g/mol. The summed E-state index contributed by atoms with van der Waals surface area (Å²) in [5, 5.41) is 3.05. The van der Waals surface area contributed by atoms with Gasteiger partial charge in [0.15, 0.2) is 5.75 Å². The lowest BCUT2D eigenvalue weighted by atomic mass is 10.1. The molecule has 4 heteroatoms. The highest BCUT2D eigenvalue weighted by Crippen LogP contribution is 2.41. The van der Waals surface area contributed by atoms with Gasteiger partial charge in [-0.15, -0.1) is 0 Å². The third-order valence-corrected chi connectivity index (χ3v) is 3.83. The van der Waals surface area contributed by atoms with E-state index in [9.17, 15) is 4.79 Å². The zero-order valence-corrected chi connectivity index (χ0v) is 11.9. The van der Waals surface area contributed by atoms with E-state index in [4.69, 9.17) is 10.5 Å². The molecular formula is C17H18N2O2. The number of amides is 1. The van der Waals surface area contributed by atoms with Crippen molar-refractivity contribution in [3.05, 3.63) is 59.7 Å². The first-order valence-electron chi connectivity index (χ1n) is 6.99. The number of nitrogens with one attached hydrogen (secondary N) is 1. The molecule has 0 aliphatic heterocycles. The second-order valence-corrected chi connectivity index (χ2v) is 5.26. The molecule has 0 spiro atoms. The second-order valence-electron chi connectivity index (χ2n) is 5.26. The van der Waals surface area contributed by atoms with Gasteiger partial charge in [-0.05, 0) is 24.1 Å². The van der Waals surface area contributed by atoms with Crippen LogP contribution in [0.4, 0.5) is 5.69 Å². The van der Waals surface area contributed by atoms with Crippen LogP contribution in [0.5, 0.6) is 5.75 Å². The molecule has 3 rings (SSSR count). The minimum absolute atomic E-state index is 0.136. The monoisotopic (exact) mass is 282 g/mol. The largest absolute Gasteiger partial charge is 0.494 e. The highest BCUT2D eigenvalue weighted by atomic mass is 16.5. The van der Waals surface area contributed by atoms with E-state index in [-0.39, 0.29) is 11.9 Å². The number of nitrogen functional groups attached to an aromatic ring is 1. The summed E-state index contributed by atoms with van der Waals surface area (Å²) < 4.78 is 5.22. The first-order valence-corrected chi connectivity index (χ1v) is 6.99. The Kier molecular flexibility index (Phi) is 3.52. The fourth-order valence-electron chi connectivity index (χ4n) is 2.63. The molecule has 2 aromatic rings. The summed E-state index contributed by atoms with van der Waals surface area (Å²) in [6.45, 7) is 0. The molecule has 1 amide bonds. The van der Waals surface area contributed by atoms with Crippen LogP contribution >= 0.6 is 0 Å². The Labute approximate surface area is 123 Å². The number of anilines is 1. The van der Waals surface area contributed by atoms with Crippen LogP contribution in [-0.4, -0.2) is 19.1 Å². The summed E-state index contributed by atoms with van der Waals surface area (Å²) in [5.74, 6) is 0.705. The minimum atomic E-state index is -0.136. The lowest BCUT2D eigenvalue weighted by Crippen LogP contribution is -2.27. The second kappa shape index (κ2) is 5.48. The van der Waals surface area contributed by atoms with Gasteiger partial charge in [0.05, 0.1) is 18.4 Å². The summed E-state index contributed by atoms with van der Waals surface area (Å²) in [5.41, 5.74) is 8.05. The number of para-hydroxylation sites is 1. The molecule has 2 aromatic carbocycles. The predicted molar refractivity (Wildman–Crippen MR) is 82.5 cm³/mol. The van der Waals surface area contributed by atoms with E-state index in [2.05, 4.69) is 17.4 Å². The van der Waals surface area contributed by atoms with E-state index in [0.29, 0.717) is 22.9 Å². The molecule has 4 nitrogen and oxygen atoms in total. The van der Waals surface area contributed by atoms with Crippen LogP contribution in [-0.2, 0) is 0 Å². The van der Waals surface area contributed by atoms with Gasteiger partial charge in [-0.3, -0.25) is 4.79 Å². The van der Waals surface area contributed by atoms with Gasteiger partial charge in [0, 0.05) is 12.0 Å². The molecule has 2 unspecified atom stereocenters. The van der Waals surface area contributed by atoms with Gasteiger partial charge >= 0.3 is 0 Å². The number of benzene rings is 2. The molecular weight excluding hydrogens is 264 g/mol. The van der Waals surface area contributed by atoms with Crippen molar-refractivity contribution in [2.75, 3.05) is 12.8 Å². The molecule has 108 valence electrons. The van der Waals surface area contributed by atoms with Crippen molar-refractivity contribution < 1.29 is 9.53 Å². The topological polar surface area (TPSA) is 64.3 Å². The van der Waals surface area contributed by atoms with Crippen LogP contribution in [0.2, 0.25) is 0 Å². The standard InChI is InChI=1S/C17H18N2O2/c1-21-16-12(8-5-9-14(16)18)17(20)19-15-10-13(15)11-6-3-2-4-7-11/h2-9,13,15H,10,18H2,1H3,(H,19,20). The van der Waals surface area contributed by atoms with Crippen molar-refractivity contribution in [2.24, 2.45) is 0 Å². The number of nitrogens with two attached hydrogens (primary N) is 1. The summed E-state index contributed by atoms with van der Waals surface area (Å²) in [4.78, 5) is 12.4. The predicted octanol–water partition coefficient (Wildman–Crippen LogP) is 2.56. The average Bonchev–Trinajstić information content (AvgIpc) is 3.27. The highest BCUT2D eigenvalue weighted by molar-refractivity contribution is 5.99. The number of methoxy groups -OCH3 is 1. The third kappa shape index (κ3) is 2.70. The van der Waals surface area contributed by atoms with Gasteiger partial charge < -0.3 is 15.8 Å². The van der Waals surface area contributed by atoms with Crippen molar-refractivity contribution in [3.63, 3.8) is 0 Å². The maximum absolute atomic E-state index is 12.4. The number of carbonyl (C=O) groups is 1. The molecule has 0 bridgehead atoms. The van der Waals surface area contributed by atoms with Gasteiger partial charge in [0.2, 0.25) is 0 Å². The van der Waals surface area contributed by atoms with E-state index in [1.807, 2.05) is 18.2 Å². The van der Waals surface area contributed by atoms with Crippen LogP contribution in [0.3, 0.4) is 0 Å². The first-order chi connectivity index (χ1) is 10.2. The van der Waals surface area contributed by atoms with Crippen LogP contribution in [0, 0.1) is 0 Å². The summed E-state index contributed by atoms with van der Waals surface area (Å²) in [6.07, 6.45) is 0.973. The SMILES string of the molecule is COc1c(N)cccc1C(=O)NC1CC1c1ccccc1. The number of hydrogen-bond donors (Lipinski definition) is 2. The fraction of sp³-hybridized carbons (Fsp3) is 0.235. The minimum Gasteiger partial charge on any atom is -0.494 e. The Hall–Kier alpha value is -2.49. The van der Waals surface area contributed by atoms with Crippen molar-refractivity contribution >= 4 is 11.6 Å². The smallest absolute Gasteiger partial charge is 0.255 e. The van der Waals surface area contributed by atoms with E-state index in [1.165, 1.54) is 12.7 Å². The summed E-state index contributed by atoms with van der Waals surface area (Å²) in [6, 6.07) is 15.6. The molecule has 0 saturated heterocycles. The van der Waals surface area contributed by atoms with Crippen molar-refractivity contribution in [2.45, 2.75) is 18.4 Å². The van der Waals surface area contributed by atoms with E-state index < -0.39 is 0 Å². The Balaban J connectivity index is 1.70. The van der Waals surface area contributed by atoms with E-state index >= 15 is 0 Å². The van der Waals surface area contributed by atoms with Gasteiger partial charge in [0.25, 0.3) is 5.91 Å².